The molecule has 4 nitrogen and oxygen atoms in total. The van der Waals surface area contributed by atoms with Gasteiger partial charge in [0.2, 0.25) is 5.91 Å². The number of carbonyl (C=O) groups is 2. The van der Waals surface area contributed by atoms with E-state index in [0.717, 1.165) is 16.8 Å². The monoisotopic (exact) mass is 234 g/mol. The van der Waals surface area contributed by atoms with E-state index in [4.69, 9.17) is 0 Å². The Morgan fingerprint density at radius 2 is 1.94 bits per heavy atom. The van der Waals surface area contributed by atoms with E-state index in [-0.39, 0.29) is 18.7 Å². The van der Waals surface area contributed by atoms with Crippen LogP contribution in [-0.4, -0.2) is 11.9 Å². The summed E-state index contributed by atoms with van der Waals surface area (Å²) in [5.74, 6) is -1.29. The van der Waals surface area contributed by atoms with Crippen LogP contribution in [-0.2, 0) is 9.59 Å². The molecule has 0 atom stereocenters. The number of nitrogens with one attached hydrogen (secondary N) is 1. The average Bonchev–Trinajstić information content (AvgIpc) is 2.24. The lowest BCUT2D eigenvalue weighted by atomic mass is 10.1. The number of anilines is 1. The molecule has 1 N–H and O–H groups in total. The lowest BCUT2D eigenvalue weighted by Crippen LogP contribution is -2.22. The summed E-state index contributed by atoms with van der Waals surface area (Å²) < 4.78 is 0. The smallest absolute Gasteiger partial charge is 0.224 e. The number of carboxylic acids is 1. The van der Waals surface area contributed by atoms with Crippen LogP contribution in [0, 0.1) is 13.8 Å². The Kier molecular flexibility index (Phi) is 4.69. The highest BCUT2D eigenvalue weighted by Crippen LogP contribution is 2.18. The molecule has 0 spiro atoms. The molecule has 0 fully saturated rings. The van der Waals surface area contributed by atoms with Gasteiger partial charge in [-0.3, -0.25) is 4.79 Å². The first-order valence-corrected chi connectivity index (χ1v) is 5.56. The van der Waals surface area contributed by atoms with Crippen molar-refractivity contribution in [2.24, 2.45) is 0 Å². The van der Waals surface area contributed by atoms with Crippen molar-refractivity contribution in [2.45, 2.75) is 33.1 Å². The fourth-order valence-electron chi connectivity index (χ4n) is 1.49. The third-order valence-corrected chi connectivity index (χ3v) is 2.66. The van der Waals surface area contributed by atoms with E-state index in [0.29, 0.717) is 6.42 Å². The molecule has 92 valence electrons. The lowest BCUT2D eigenvalue weighted by Gasteiger charge is -2.10. The predicted octanol–water partition coefficient (Wildman–Crippen LogP) is 1.16. The molecule has 0 saturated carbocycles. The standard InChI is InChI=1S/C13H17NO3/c1-9-5-3-6-11(10(9)2)14-12(15)7-4-8-13(16)17/h3,5-6H,4,7-8H2,1-2H3,(H,14,15)(H,16,17)/p-1. The van der Waals surface area contributed by atoms with E-state index < -0.39 is 5.97 Å². The normalized spacial score (nSPS) is 10.0. The van der Waals surface area contributed by atoms with Gasteiger partial charge in [-0.2, -0.15) is 0 Å². The van der Waals surface area contributed by atoms with Crippen LogP contribution in [0.1, 0.15) is 30.4 Å². The quantitative estimate of drug-likeness (QED) is 0.831. The highest BCUT2D eigenvalue weighted by Gasteiger charge is 2.05. The van der Waals surface area contributed by atoms with E-state index in [1.165, 1.54) is 0 Å². The third-order valence-electron chi connectivity index (χ3n) is 2.66. The Morgan fingerprint density at radius 3 is 2.59 bits per heavy atom. The zero-order valence-electron chi connectivity index (χ0n) is 10.1. The minimum Gasteiger partial charge on any atom is -0.550 e. The van der Waals surface area contributed by atoms with Gasteiger partial charge in [0.1, 0.15) is 0 Å². The number of amides is 1. The van der Waals surface area contributed by atoms with Crippen molar-refractivity contribution < 1.29 is 14.7 Å². The minimum atomic E-state index is -1.12. The van der Waals surface area contributed by atoms with Crippen molar-refractivity contribution >= 4 is 17.6 Å². The Balaban J connectivity index is 2.51. The van der Waals surface area contributed by atoms with Crippen LogP contribution in [0.25, 0.3) is 0 Å². The molecule has 0 bridgehead atoms. The topological polar surface area (TPSA) is 69.2 Å². The Bertz CT molecular complexity index is 427. The number of hydrogen-bond donors (Lipinski definition) is 1. The predicted molar refractivity (Wildman–Crippen MR) is 63.4 cm³/mol. The highest BCUT2D eigenvalue weighted by atomic mass is 16.4. The molecule has 0 aromatic heterocycles. The van der Waals surface area contributed by atoms with Crippen LogP contribution in [0.15, 0.2) is 18.2 Å². The van der Waals surface area contributed by atoms with Crippen LogP contribution < -0.4 is 10.4 Å². The van der Waals surface area contributed by atoms with Crippen molar-refractivity contribution in [1.29, 1.82) is 0 Å². The zero-order valence-corrected chi connectivity index (χ0v) is 10.1. The maximum atomic E-state index is 11.5. The first-order chi connectivity index (χ1) is 8.00. The molecule has 1 aromatic carbocycles. The molecule has 1 amide bonds. The van der Waals surface area contributed by atoms with Crippen LogP contribution >= 0.6 is 0 Å². The molecule has 0 aliphatic heterocycles. The summed E-state index contributed by atoms with van der Waals surface area (Å²) >= 11 is 0. The number of carbonyl (C=O) groups excluding carboxylic acids is 2. The molecule has 1 aromatic rings. The zero-order chi connectivity index (χ0) is 12.8. The first-order valence-electron chi connectivity index (χ1n) is 5.56. The fraction of sp³-hybridized carbons (Fsp3) is 0.385. The van der Waals surface area contributed by atoms with Gasteiger partial charge >= 0.3 is 0 Å². The second-order valence-electron chi connectivity index (χ2n) is 4.02. The first kappa shape index (κ1) is 13.2. The van der Waals surface area contributed by atoms with E-state index in [2.05, 4.69) is 5.32 Å². The Hall–Kier alpha value is -1.84. The molecular formula is C13H16NO3-. The van der Waals surface area contributed by atoms with Crippen LogP contribution in [0.5, 0.6) is 0 Å². The maximum absolute atomic E-state index is 11.5. The van der Waals surface area contributed by atoms with Crippen molar-refractivity contribution in [3.05, 3.63) is 29.3 Å². The van der Waals surface area contributed by atoms with Gasteiger partial charge in [0.25, 0.3) is 0 Å². The number of benzene rings is 1. The second-order valence-corrected chi connectivity index (χ2v) is 4.02. The third kappa shape index (κ3) is 4.26. The summed E-state index contributed by atoms with van der Waals surface area (Å²) in [6, 6.07) is 5.68. The van der Waals surface area contributed by atoms with Gasteiger partial charge in [0.05, 0.1) is 0 Å². The van der Waals surface area contributed by atoms with E-state index >= 15 is 0 Å². The van der Waals surface area contributed by atoms with Gasteiger partial charge in [0.15, 0.2) is 0 Å². The van der Waals surface area contributed by atoms with Gasteiger partial charge < -0.3 is 15.2 Å². The molecule has 0 saturated heterocycles. The largest absolute Gasteiger partial charge is 0.550 e. The second kappa shape index (κ2) is 6.03. The number of carboxylic acid groups (broad SMARTS) is 1. The SMILES string of the molecule is Cc1cccc(NC(=O)CCCC(=O)[O-])c1C. The van der Waals surface area contributed by atoms with Gasteiger partial charge in [0, 0.05) is 18.1 Å². The molecule has 0 unspecified atom stereocenters. The fourth-order valence-corrected chi connectivity index (χ4v) is 1.49. The molecule has 0 aliphatic rings. The number of hydrogen-bond acceptors (Lipinski definition) is 3. The van der Waals surface area contributed by atoms with Crippen molar-refractivity contribution in [2.75, 3.05) is 5.32 Å². The van der Waals surface area contributed by atoms with Gasteiger partial charge in [-0.05, 0) is 43.9 Å². The van der Waals surface area contributed by atoms with Gasteiger partial charge in [-0.15, -0.1) is 0 Å². The molecule has 1 rings (SSSR count). The van der Waals surface area contributed by atoms with E-state index in [1.807, 2.05) is 32.0 Å². The molecule has 0 aliphatic carbocycles. The van der Waals surface area contributed by atoms with Crippen molar-refractivity contribution in [3.63, 3.8) is 0 Å². The number of aryl methyl sites for hydroxylation is 1. The molecule has 0 radical (unpaired) electrons. The Morgan fingerprint density at radius 1 is 1.24 bits per heavy atom. The summed E-state index contributed by atoms with van der Waals surface area (Å²) in [6.45, 7) is 3.91. The minimum absolute atomic E-state index is 0.0831. The van der Waals surface area contributed by atoms with Gasteiger partial charge in [-0.25, -0.2) is 0 Å². The summed E-state index contributed by atoms with van der Waals surface area (Å²) in [6.07, 6.45) is 0.417. The summed E-state index contributed by atoms with van der Waals surface area (Å²) in [7, 11) is 0. The molecule has 4 heteroatoms. The van der Waals surface area contributed by atoms with Crippen molar-refractivity contribution in [3.8, 4) is 0 Å². The van der Waals surface area contributed by atoms with Crippen molar-refractivity contribution in [1.82, 2.24) is 0 Å². The number of rotatable bonds is 5. The van der Waals surface area contributed by atoms with Crippen LogP contribution in [0.2, 0.25) is 0 Å². The van der Waals surface area contributed by atoms with E-state index in [9.17, 15) is 14.7 Å². The lowest BCUT2D eigenvalue weighted by molar-refractivity contribution is -0.305. The van der Waals surface area contributed by atoms with Gasteiger partial charge in [-0.1, -0.05) is 12.1 Å². The summed E-state index contributed by atoms with van der Waals surface area (Å²) in [5.41, 5.74) is 2.92. The Labute approximate surface area is 101 Å². The molecule has 17 heavy (non-hydrogen) atoms. The molecular weight excluding hydrogens is 218 g/mol. The van der Waals surface area contributed by atoms with Crippen LogP contribution in [0.3, 0.4) is 0 Å². The number of aliphatic carboxylic acids is 1. The summed E-state index contributed by atoms with van der Waals surface area (Å²) in [4.78, 5) is 21.7. The van der Waals surface area contributed by atoms with E-state index in [1.54, 1.807) is 0 Å². The summed E-state index contributed by atoms with van der Waals surface area (Å²) in [5, 5.41) is 13.0. The molecule has 0 heterocycles. The maximum Gasteiger partial charge on any atom is 0.224 e. The highest BCUT2D eigenvalue weighted by molar-refractivity contribution is 5.91. The van der Waals surface area contributed by atoms with Crippen LogP contribution in [0.4, 0.5) is 5.69 Å². The average molecular weight is 234 g/mol.